The second-order valence-corrected chi connectivity index (χ2v) is 5.45. The molecule has 0 saturated heterocycles. The van der Waals surface area contributed by atoms with Crippen molar-refractivity contribution in [2.45, 2.75) is 51.7 Å². The summed E-state index contributed by atoms with van der Waals surface area (Å²) in [6.45, 7) is 5.64. The first kappa shape index (κ1) is 13.4. The summed E-state index contributed by atoms with van der Waals surface area (Å²) in [6.07, 6.45) is 5.22. The standard InChI is InChI=1S/C16H25NO/c1-3-11-17-15-10-9-13(2)12-16(15)18-14-7-5-4-6-8-14/h4-8,13,15-17H,3,9-12H2,1-2H3. The Morgan fingerprint density at radius 2 is 2.00 bits per heavy atom. The molecule has 1 saturated carbocycles. The predicted molar refractivity (Wildman–Crippen MR) is 76.0 cm³/mol. The van der Waals surface area contributed by atoms with Gasteiger partial charge in [-0.05, 0) is 50.3 Å². The first-order chi connectivity index (χ1) is 8.79. The van der Waals surface area contributed by atoms with Crippen LogP contribution in [0.4, 0.5) is 0 Å². The van der Waals surface area contributed by atoms with Gasteiger partial charge in [0.05, 0.1) is 0 Å². The minimum absolute atomic E-state index is 0.322. The fourth-order valence-electron chi connectivity index (χ4n) is 2.70. The van der Waals surface area contributed by atoms with Crippen molar-refractivity contribution in [2.24, 2.45) is 5.92 Å². The van der Waals surface area contributed by atoms with Gasteiger partial charge in [0.15, 0.2) is 0 Å². The smallest absolute Gasteiger partial charge is 0.119 e. The molecule has 0 bridgehead atoms. The zero-order valence-electron chi connectivity index (χ0n) is 11.6. The molecule has 3 atom stereocenters. The van der Waals surface area contributed by atoms with Gasteiger partial charge in [0, 0.05) is 6.04 Å². The minimum Gasteiger partial charge on any atom is -0.489 e. The van der Waals surface area contributed by atoms with Gasteiger partial charge in [-0.2, -0.15) is 0 Å². The highest BCUT2D eigenvalue weighted by molar-refractivity contribution is 5.21. The predicted octanol–water partition coefficient (Wildman–Crippen LogP) is 3.62. The molecule has 1 aliphatic carbocycles. The second-order valence-electron chi connectivity index (χ2n) is 5.45. The topological polar surface area (TPSA) is 21.3 Å². The number of nitrogens with one attached hydrogen (secondary N) is 1. The van der Waals surface area contributed by atoms with Crippen LogP contribution in [0.15, 0.2) is 30.3 Å². The summed E-state index contributed by atoms with van der Waals surface area (Å²) in [5.41, 5.74) is 0. The summed E-state index contributed by atoms with van der Waals surface area (Å²) in [6, 6.07) is 10.7. The quantitative estimate of drug-likeness (QED) is 0.858. The van der Waals surface area contributed by atoms with E-state index in [0.29, 0.717) is 12.1 Å². The molecule has 100 valence electrons. The van der Waals surface area contributed by atoms with Gasteiger partial charge in [-0.1, -0.05) is 32.0 Å². The van der Waals surface area contributed by atoms with E-state index < -0.39 is 0 Å². The molecule has 3 unspecified atom stereocenters. The summed E-state index contributed by atoms with van der Waals surface area (Å²) in [5, 5.41) is 3.64. The van der Waals surface area contributed by atoms with E-state index in [0.717, 1.165) is 24.6 Å². The molecule has 18 heavy (non-hydrogen) atoms. The first-order valence-electron chi connectivity index (χ1n) is 7.24. The third kappa shape index (κ3) is 3.74. The molecule has 0 spiro atoms. The van der Waals surface area contributed by atoms with Gasteiger partial charge >= 0.3 is 0 Å². The van der Waals surface area contributed by atoms with Crippen molar-refractivity contribution in [1.82, 2.24) is 5.32 Å². The monoisotopic (exact) mass is 247 g/mol. The van der Waals surface area contributed by atoms with Gasteiger partial charge in [-0.3, -0.25) is 0 Å². The van der Waals surface area contributed by atoms with E-state index in [1.807, 2.05) is 18.2 Å². The molecule has 2 rings (SSSR count). The maximum Gasteiger partial charge on any atom is 0.119 e. The molecule has 0 aromatic heterocycles. The number of ether oxygens (including phenoxy) is 1. The second kappa shape index (κ2) is 6.79. The van der Waals surface area contributed by atoms with Crippen LogP contribution in [0.25, 0.3) is 0 Å². The van der Waals surface area contributed by atoms with E-state index in [9.17, 15) is 0 Å². The average Bonchev–Trinajstić information content (AvgIpc) is 2.39. The molecule has 2 nitrogen and oxygen atoms in total. The summed E-state index contributed by atoms with van der Waals surface area (Å²) >= 11 is 0. The Balaban J connectivity index is 1.96. The lowest BCUT2D eigenvalue weighted by Crippen LogP contribution is -2.47. The summed E-state index contributed by atoms with van der Waals surface area (Å²) < 4.78 is 6.17. The van der Waals surface area contributed by atoms with Crippen molar-refractivity contribution in [3.8, 4) is 5.75 Å². The molecule has 1 fully saturated rings. The Morgan fingerprint density at radius 1 is 1.22 bits per heavy atom. The molecule has 0 aliphatic heterocycles. The van der Waals surface area contributed by atoms with Gasteiger partial charge in [0.25, 0.3) is 0 Å². The number of para-hydroxylation sites is 1. The van der Waals surface area contributed by atoms with Crippen LogP contribution in [-0.4, -0.2) is 18.7 Å². The van der Waals surface area contributed by atoms with Crippen LogP contribution in [0.1, 0.15) is 39.5 Å². The molecule has 1 N–H and O–H groups in total. The number of rotatable bonds is 5. The fraction of sp³-hybridized carbons (Fsp3) is 0.625. The van der Waals surface area contributed by atoms with Gasteiger partial charge < -0.3 is 10.1 Å². The van der Waals surface area contributed by atoms with Gasteiger partial charge in [0.2, 0.25) is 0 Å². The van der Waals surface area contributed by atoms with Crippen molar-refractivity contribution >= 4 is 0 Å². The zero-order valence-corrected chi connectivity index (χ0v) is 11.6. The SMILES string of the molecule is CCCNC1CCC(C)CC1Oc1ccccc1. The third-order valence-corrected chi connectivity index (χ3v) is 3.74. The molecule has 0 radical (unpaired) electrons. The van der Waals surface area contributed by atoms with Crippen molar-refractivity contribution in [3.05, 3.63) is 30.3 Å². The first-order valence-corrected chi connectivity index (χ1v) is 7.24. The molecule has 2 heteroatoms. The molecular formula is C16H25NO. The van der Waals surface area contributed by atoms with Crippen LogP contribution in [-0.2, 0) is 0 Å². The molecule has 1 aromatic carbocycles. The van der Waals surface area contributed by atoms with Crippen LogP contribution in [0.5, 0.6) is 5.75 Å². The number of hydrogen-bond donors (Lipinski definition) is 1. The highest BCUT2D eigenvalue weighted by Gasteiger charge is 2.29. The van der Waals surface area contributed by atoms with E-state index >= 15 is 0 Å². The van der Waals surface area contributed by atoms with E-state index in [1.165, 1.54) is 19.3 Å². The van der Waals surface area contributed by atoms with Gasteiger partial charge in [-0.15, -0.1) is 0 Å². The lowest BCUT2D eigenvalue weighted by Gasteiger charge is -2.35. The van der Waals surface area contributed by atoms with E-state index in [1.54, 1.807) is 0 Å². The maximum absolute atomic E-state index is 6.17. The Bertz CT molecular complexity index is 336. The van der Waals surface area contributed by atoms with Crippen molar-refractivity contribution in [3.63, 3.8) is 0 Å². The van der Waals surface area contributed by atoms with Crippen LogP contribution >= 0.6 is 0 Å². The Labute approximate surface area is 111 Å². The van der Waals surface area contributed by atoms with Gasteiger partial charge in [0.1, 0.15) is 11.9 Å². The van der Waals surface area contributed by atoms with E-state index in [2.05, 4.69) is 31.3 Å². The highest BCUT2D eigenvalue weighted by atomic mass is 16.5. The van der Waals surface area contributed by atoms with Crippen LogP contribution in [0, 0.1) is 5.92 Å². The third-order valence-electron chi connectivity index (χ3n) is 3.74. The molecule has 1 aromatic rings. The van der Waals surface area contributed by atoms with Gasteiger partial charge in [-0.25, -0.2) is 0 Å². The van der Waals surface area contributed by atoms with Crippen molar-refractivity contribution in [2.75, 3.05) is 6.54 Å². The molecule has 0 heterocycles. The zero-order chi connectivity index (χ0) is 12.8. The van der Waals surface area contributed by atoms with Crippen molar-refractivity contribution < 1.29 is 4.74 Å². The Morgan fingerprint density at radius 3 is 2.72 bits per heavy atom. The van der Waals surface area contributed by atoms with Crippen LogP contribution in [0.2, 0.25) is 0 Å². The summed E-state index contributed by atoms with van der Waals surface area (Å²) in [5.74, 6) is 1.78. The maximum atomic E-state index is 6.17. The lowest BCUT2D eigenvalue weighted by atomic mass is 9.85. The van der Waals surface area contributed by atoms with E-state index in [-0.39, 0.29) is 0 Å². The fourth-order valence-corrected chi connectivity index (χ4v) is 2.70. The lowest BCUT2D eigenvalue weighted by molar-refractivity contribution is 0.0909. The van der Waals surface area contributed by atoms with Crippen LogP contribution < -0.4 is 10.1 Å². The van der Waals surface area contributed by atoms with Crippen molar-refractivity contribution in [1.29, 1.82) is 0 Å². The van der Waals surface area contributed by atoms with E-state index in [4.69, 9.17) is 4.74 Å². The normalized spacial score (nSPS) is 28.0. The number of benzene rings is 1. The number of hydrogen-bond acceptors (Lipinski definition) is 2. The molecule has 1 aliphatic rings. The Hall–Kier alpha value is -1.02. The van der Waals surface area contributed by atoms with Crippen LogP contribution in [0.3, 0.4) is 0 Å². The molecule has 0 amide bonds. The average molecular weight is 247 g/mol. The Kier molecular flexibility index (Phi) is 5.06. The largest absolute Gasteiger partial charge is 0.489 e. The minimum atomic E-state index is 0.322. The summed E-state index contributed by atoms with van der Waals surface area (Å²) in [4.78, 5) is 0. The summed E-state index contributed by atoms with van der Waals surface area (Å²) in [7, 11) is 0. The molecular weight excluding hydrogens is 222 g/mol. The highest BCUT2D eigenvalue weighted by Crippen LogP contribution is 2.27.